The minimum Gasteiger partial charge on any atom is -0.478 e. The van der Waals surface area contributed by atoms with Crippen LogP contribution < -0.4 is 0 Å². The highest BCUT2D eigenvalue weighted by Crippen LogP contribution is 2.31. The number of halogens is 1. The molecule has 0 unspecified atom stereocenters. The normalized spacial score (nSPS) is 10.4. The standard InChI is InChI=1S/C15H12FNO4/c1-7-11(14(18)19)13(9-3-5-10(16)6-4-9)12(15(20)21)8(2)17-7/h3-6H,1-2H3,(H,18,19)(H,20,21). The summed E-state index contributed by atoms with van der Waals surface area (Å²) >= 11 is 0. The first kappa shape index (κ1) is 14.6. The SMILES string of the molecule is Cc1nc(C)c(C(=O)O)c(-c2ccc(F)cc2)c1C(=O)O. The van der Waals surface area contributed by atoms with Crippen molar-refractivity contribution in [3.05, 3.63) is 52.6 Å². The molecule has 5 nitrogen and oxygen atoms in total. The summed E-state index contributed by atoms with van der Waals surface area (Å²) < 4.78 is 13.0. The maximum absolute atomic E-state index is 13.0. The number of carboxylic acid groups (broad SMARTS) is 2. The number of aromatic nitrogens is 1. The van der Waals surface area contributed by atoms with Crippen molar-refractivity contribution in [1.82, 2.24) is 4.98 Å². The second kappa shape index (κ2) is 5.32. The molecule has 0 radical (unpaired) electrons. The van der Waals surface area contributed by atoms with Gasteiger partial charge in [-0.3, -0.25) is 4.98 Å². The van der Waals surface area contributed by atoms with Crippen molar-refractivity contribution in [2.45, 2.75) is 13.8 Å². The van der Waals surface area contributed by atoms with Crippen LogP contribution in [0.15, 0.2) is 24.3 Å². The topological polar surface area (TPSA) is 87.5 Å². The molecule has 0 aliphatic heterocycles. The van der Waals surface area contributed by atoms with E-state index in [1.54, 1.807) is 0 Å². The highest BCUT2D eigenvalue weighted by atomic mass is 19.1. The summed E-state index contributed by atoms with van der Waals surface area (Å²) in [5.41, 5.74) is 0.405. The van der Waals surface area contributed by atoms with Gasteiger partial charge < -0.3 is 10.2 Å². The van der Waals surface area contributed by atoms with Gasteiger partial charge in [-0.25, -0.2) is 14.0 Å². The molecule has 1 aromatic heterocycles. The molecule has 6 heteroatoms. The van der Waals surface area contributed by atoms with Crippen molar-refractivity contribution in [2.75, 3.05) is 0 Å². The quantitative estimate of drug-likeness (QED) is 0.907. The van der Waals surface area contributed by atoms with Gasteiger partial charge in [0, 0.05) is 5.56 Å². The zero-order valence-electron chi connectivity index (χ0n) is 11.3. The van der Waals surface area contributed by atoms with E-state index in [2.05, 4.69) is 4.98 Å². The number of hydrogen-bond acceptors (Lipinski definition) is 3. The summed E-state index contributed by atoms with van der Waals surface area (Å²) in [5, 5.41) is 18.7. The Kier molecular flexibility index (Phi) is 3.71. The lowest BCUT2D eigenvalue weighted by Crippen LogP contribution is -2.13. The Labute approximate surface area is 119 Å². The first-order valence-electron chi connectivity index (χ1n) is 6.06. The maximum Gasteiger partial charge on any atom is 0.338 e. The molecule has 0 saturated carbocycles. The van der Waals surface area contributed by atoms with Gasteiger partial charge in [-0.15, -0.1) is 0 Å². The summed E-state index contributed by atoms with van der Waals surface area (Å²) in [5.74, 6) is -3.04. The van der Waals surface area contributed by atoms with Crippen LogP contribution in [0.1, 0.15) is 32.1 Å². The van der Waals surface area contributed by atoms with E-state index in [0.29, 0.717) is 5.56 Å². The molecule has 21 heavy (non-hydrogen) atoms. The molecule has 1 aromatic carbocycles. The zero-order chi connectivity index (χ0) is 15.7. The number of carboxylic acids is 2. The van der Waals surface area contributed by atoms with E-state index in [9.17, 15) is 24.2 Å². The highest BCUT2D eigenvalue weighted by Gasteiger charge is 2.25. The van der Waals surface area contributed by atoms with Crippen LogP contribution in [0.5, 0.6) is 0 Å². The zero-order valence-corrected chi connectivity index (χ0v) is 11.3. The second-order valence-electron chi connectivity index (χ2n) is 4.52. The molecule has 0 spiro atoms. The van der Waals surface area contributed by atoms with Crippen LogP contribution >= 0.6 is 0 Å². The summed E-state index contributed by atoms with van der Waals surface area (Å²) in [6.07, 6.45) is 0. The van der Waals surface area contributed by atoms with E-state index < -0.39 is 17.8 Å². The van der Waals surface area contributed by atoms with Gasteiger partial charge >= 0.3 is 11.9 Å². The molecule has 0 fully saturated rings. The third-order valence-corrected chi connectivity index (χ3v) is 3.12. The molecule has 2 N–H and O–H groups in total. The van der Waals surface area contributed by atoms with Crippen LogP contribution in [-0.4, -0.2) is 27.1 Å². The lowest BCUT2D eigenvalue weighted by atomic mass is 9.92. The molecule has 0 saturated heterocycles. The van der Waals surface area contributed by atoms with Gasteiger partial charge in [0.2, 0.25) is 0 Å². The Morgan fingerprint density at radius 2 is 1.38 bits per heavy atom. The molecular formula is C15H12FNO4. The predicted octanol–water partition coefficient (Wildman–Crippen LogP) is 2.90. The maximum atomic E-state index is 13.0. The fourth-order valence-electron chi connectivity index (χ4n) is 2.28. The van der Waals surface area contributed by atoms with Crippen LogP contribution in [0, 0.1) is 19.7 Å². The van der Waals surface area contributed by atoms with E-state index in [1.807, 2.05) is 0 Å². The largest absolute Gasteiger partial charge is 0.478 e. The molecular weight excluding hydrogens is 277 g/mol. The van der Waals surface area contributed by atoms with Crippen LogP contribution in [0.2, 0.25) is 0 Å². The van der Waals surface area contributed by atoms with Gasteiger partial charge in [-0.05, 0) is 31.5 Å². The Morgan fingerprint density at radius 1 is 0.952 bits per heavy atom. The van der Waals surface area contributed by atoms with Gasteiger partial charge in [0.05, 0.1) is 22.5 Å². The van der Waals surface area contributed by atoms with Crippen LogP contribution in [0.4, 0.5) is 4.39 Å². The van der Waals surface area contributed by atoms with E-state index in [4.69, 9.17) is 0 Å². The minimum atomic E-state index is -1.28. The smallest absolute Gasteiger partial charge is 0.338 e. The number of pyridine rings is 1. The van der Waals surface area contributed by atoms with Crippen molar-refractivity contribution >= 4 is 11.9 Å². The molecule has 1 heterocycles. The lowest BCUT2D eigenvalue weighted by molar-refractivity contribution is 0.0695. The third kappa shape index (κ3) is 2.60. The Balaban J connectivity index is 2.91. The summed E-state index contributed by atoms with van der Waals surface area (Å²) in [6, 6.07) is 5.00. The number of hydrogen-bond donors (Lipinski definition) is 2. The van der Waals surface area contributed by atoms with Crippen LogP contribution in [0.25, 0.3) is 11.1 Å². The molecule has 0 amide bonds. The molecule has 0 aliphatic carbocycles. The van der Waals surface area contributed by atoms with Gasteiger partial charge in [0.1, 0.15) is 5.82 Å². The van der Waals surface area contributed by atoms with E-state index in [-0.39, 0.29) is 28.1 Å². The molecule has 2 aromatic rings. The average molecular weight is 289 g/mol. The highest BCUT2D eigenvalue weighted by molar-refractivity contribution is 6.06. The monoisotopic (exact) mass is 289 g/mol. The Hall–Kier alpha value is -2.76. The Bertz CT molecular complexity index is 700. The number of aryl methyl sites for hydroxylation is 2. The molecule has 2 rings (SSSR count). The molecule has 0 bridgehead atoms. The number of benzene rings is 1. The first-order chi connectivity index (χ1) is 9.82. The van der Waals surface area contributed by atoms with E-state index >= 15 is 0 Å². The van der Waals surface area contributed by atoms with Gasteiger partial charge in [0.25, 0.3) is 0 Å². The van der Waals surface area contributed by atoms with Crippen LogP contribution in [-0.2, 0) is 0 Å². The summed E-state index contributed by atoms with van der Waals surface area (Å²) in [6.45, 7) is 2.99. The number of aromatic carboxylic acids is 2. The van der Waals surface area contributed by atoms with E-state index in [0.717, 1.165) is 12.1 Å². The van der Waals surface area contributed by atoms with Crippen molar-refractivity contribution in [3.63, 3.8) is 0 Å². The Morgan fingerprint density at radius 3 is 1.76 bits per heavy atom. The van der Waals surface area contributed by atoms with Crippen molar-refractivity contribution in [3.8, 4) is 11.1 Å². The lowest BCUT2D eigenvalue weighted by Gasteiger charge is -2.14. The van der Waals surface area contributed by atoms with E-state index in [1.165, 1.54) is 26.0 Å². The van der Waals surface area contributed by atoms with Crippen molar-refractivity contribution < 1.29 is 24.2 Å². The minimum absolute atomic E-state index is 0.0417. The molecule has 108 valence electrons. The first-order valence-corrected chi connectivity index (χ1v) is 6.06. The predicted molar refractivity (Wildman–Crippen MR) is 73.0 cm³/mol. The molecule has 0 aliphatic rings. The number of nitrogens with zero attached hydrogens (tertiary/aromatic N) is 1. The molecule has 0 atom stereocenters. The van der Waals surface area contributed by atoms with Crippen LogP contribution in [0.3, 0.4) is 0 Å². The van der Waals surface area contributed by atoms with Gasteiger partial charge in [-0.2, -0.15) is 0 Å². The van der Waals surface area contributed by atoms with Gasteiger partial charge in [0.15, 0.2) is 0 Å². The third-order valence-electron chi connectivity index (χ3n) is 3.12. The second-order valence-corrected chi connectivity index (χ2v) is 4.52. The average Bonchev–Trinajstić information content (AvgIpc) is 2.37. The summed E-state index contributed by atoms with van der Waals surface area (Å²) in [4.78, 5) is 26.9. The fraction of sp³-hybridized carbons (Fsp3) is 0.133. The summed E-state index contributed by atoms with van der Waals surface area (Å²) in [7, 11) is 0. The van der Waals surface area contributed by atoms with Crippen molar-refractivity contribution in [2.24, 2.45) is 0 Å². The fourth-order valence-corrected chi connectivity index (χ4v) is 2.28. The van der Waals surface area contributed by atoms with Gasteiger partial charge in [-0.1, -0.05) is 12.1 Å². The number of rotatable bonds is 3. The number of carbonyl (C=O) groups is 2. The van der Waals surface area contributed by atoms with Crippen molar-refractivity contribution in [1.29, 1.82) is 0 Å².